The molecular weight excluding hydrogens is 436 g/mol. The van der Waals surface area contributed by atoms with Crippen molar-refractivity contribution in [3.63, 3.8) is 0 Å². The summed E-state index contributed by atoms with van der Waals surface area (Å²) in [5.74, 6) is 2.62. The summed E-state index contributed by atoms with van der Waals surface area (Å²) in [6, 6.07) is 15.5. The van der Waals surface area contributed by atoms with Gasteiger partial charge in [0.05, 0.1) is 18.6 Å². The Labute approximate surface area is 199 Å². The number of methoxy groups -OCH3 is 1. The third-order valence-electron chi connectivity index (χ3n) is 5.13. The maximum absolute atomic E-state index is 12.5. The number of hydrogen-bond donors (Lipinski definition) is 1. The number of thioether (sulfide) groups is 1. The Morgan fingerprint density at radius 2 is 1.67 bits per heavy atom. The highest BCUT2D eigenvalue weighted by atomic mass is 32.2. The highest BCUT2D eigenvalue weighted by Gasteiger charge is 2.23. The Morgan fingerprint density at radius 3 is 2.33 bits per heavy atom. The fourth-order valence-corrected chi connectivity index (χ4v) is 4.40. The highest BCUT2D eigenvalue weighted by Crippen LogP contribution is 2.32. The molecular formula is C25H32N4O3S. The third-order valence-corrected chi connectivity index (χ3v) is 6.07. The van der Waals surface area contributed by atoms with Gasteiger partial charge in [0.15, 0.2) is 17.1 Å². The molecule has 0 spiro atoms. The van der Waals surface area contributed by atoms with Crippen LogP contribution in [0.25, 0.3) is 0 Å². The summed E-state index contributed by atoms with van der Waals surface area (Å²) in [6.07, 6.45) is -0.295. The van der Waals surface area contributed by atoms with Crippen LogP contribution in [0.5, 0.6) is 11.5 Å². The minimum Gasteiger partial charge on any atom is -0.495 e. The van der Waals surface area contributed by atoms with Crippen LogP contribution in [0.15, 0.2) is 53.7 Å². The van der Waals surface area contributed by atoms with Gasteiger partial charge < -0.3 is 19.4 Å². The number of nitrogens with zero attached hydrogens (tertiary/aromatic N) is 3. The number of nitrogens with one attached hydrogen (secondary N) is 1. The molecule has 176 valence electrons. The minimum atomic E-state index is -0.295. The van der Waals surface area contributed by atoms with Crippen LogP contribution >= 0.6 is 11.8 Å². The maximum atomic E-state index is 12.5. The average Bonchev–Trinajstić information content (AvgIpc) is 3.23. The van der Waals surface area contributed by atoms with Crippen LogP contribution in [-0.4, -0.2) is 33.5 Å². The zero-order valence-electron chi connectivity index (χ0n) is 20.0. The smallest absolute Gasteiger partial charge is 0.234 e. The molecule has 1 unspecified atom stereocenters. The van der Waals surface area contributed by atoms with Gasteiger partial charge in [0, 0.05) is 6.04 Å². The van der Waals surface area contributed by atoms with E-state index in [9.17, 15) is 4.79 Å². The molecule has 0 aliphatic rings. The van der Waals surface area contributed by atoms with Crippen LogP contribution in [0, 0.1) is 0 Å². The second-order valence-corrected chi connectivity index (χ2v) is 9.24. The van der Waals surface area contributed by atoms with Crippen molar-refractivity contribution in [3.8, 4) is 11.5 Å². The summed E-state index contributed by atoms with van der Waals surface area (Å²) in [7, 11) is 1.58. The molecule has 33 heavy (non-hydrogen) atoms. The lowest BCUT2D eigenvalue weighted by Crippen LogP contribution is -2.17. The predicted molar refractivity (Wildman–Crippen MR) is 132 cm³/mol. The Bertz CT molecular complexity index is 1080. The molecule has 1 heterocycles. The fraction of sp³-hybridized carbons (Fsp3) is 0.400. The second-order valence-electron chi connectivity index (χ2n) is 8.29. The topological polar surface area (TPSA) is 78.3 Å². The maximum Gasteiger partial charge on any atom is 0.234 e. The van der Waals surface area contributed by atoms with Crippen molar-refractivity contribution in [3.05, 3.63) is 59.9 Å². The zero-order chi connectivity index (χ0) is 24.0. The lowest BCUT2D eigenvalue weighted by Gasteiger charge is -2.21. The van der Waals surface area contributed by atoms with E-state index in [4.69, 9.17) is 9.47 Å². The molecule has 1 atom stereocenters. The molecule has 0 fully saturated rings. The van der Waals surface area contributed by atoms with Gasteiger partial charge >= 0.3 is 0 Å². The minimum absolute atomic E-state index is 0.112. The van der Waals surface area contributed by atoms with Gasteiger partial charge in [-0.25, -0.2) is 0 Å². The first-order chi connectivity index (χ1) is 15.8. The molecule has 0 saturated heterocycles. The van der Waals surface area contributed by atoms with E-state index >= 15 is 0 Å². The van der Waals surface area contributed by atoms with E-state index in [-0.39, 0.29) is 23.8 Å². The number of ether oxygens (including phenoxy) is 2. The Morgan fingerprint density at radius 1 is 1.00 bits per heavy atom. The number of hydrogen-bond acceptors (Lipinski definition) is 6. The van der Waals surface area contributed by atoms with E-state index < -0.39 is 0 Å². The van der Waals surface area contributed by atoms with Crippen molar-refractivity contribution in [1.29, 1.82) is 0 Å². The van der Waals surface area contributed by atoms with E-state index in [1.165, 1.54) is 11.8 Å². The molecule has 0 aliphatic heterocycles. The van der Waals surface area contributed by atoms with Crippen LogP contribution in [0.1, 0.15) is 64.1 Å². The SMILES string of the molecule is COc1ccccc1NC(=O)CSc1nnc(C(C)Oc2ccccc2C(C)C)n1C(C)C. The molecule has 0 bridgehead atoms. The Balaban J connectivity index is 1.72. The van der Waals surface area contributed by atoms with Gasteiger partial charge in [0.25, 0.3) is 0 Å². The van der Waals surface area contributed by atoms with Crippen molar-refractivity contribution >= 4 is 23.4 Å². The summed E-state index contributed by atoms with van der Waals surface area (Å²) in [4.78, 5) is 12.5. The van der Waals surface area contributed by atoms with E-state index in [2.05, 4.69) is 49.3 Å². The molecule has 2 aromatic carbocycles. The van der Waals surface area contributed by atoms with Gasteiger partial charge in [0.1, 0.15) is 11.5 Å². The number of carbonyl (C=O) groups excluding carboxylic acids is 1. The van der Waals surface area contributed by atoms with Crippen molar-refractivity contribution < 1.29 is 14.3 Å². The zero-order valence-corrected chi connectivity index (χ0v) is 20.8. The van der Waals surface area contributed by atoms with Gasteiger partial charge in [-0.3, -0.25) is 4.79 Å². The highest BCUT2D eigenvalue weighted by molar-refractivity contribution is 7.99. The van der Waals surface area contributed by atoms with E-state index in [1.807, 2.05) is 54.0 Å². The lowest BCUT2D eigenvalue weighted by molar-refractivity contribution is -0.113. The van der Waals surface area contributed by atoms with Crippen molar-refractivity contribution in [2.24, 2.45) is 0 Å². The summed E-state index contributed by atoms with van der Waals surface area (Å²) < 4.78 is 13.6. The lowest BCUT2D eigenvalue weighted by atomic mass is 10.0. The van der Waals surface area contributed by atoms with Gasteiger partial charge in [-0.15, -0.1) is 10.2 Å². The Hall–Kier alpha value is -3.00. The van der Waals surface area contributed by atoms with E-state index in [0.717, 1.165) is 17.1 Å². The monoisotopic (exact) mass is 468 g/mol. The molecule has 0 aliphatic carbocycles. The van der Waals surface area contributed by atoms with E-state index in [1.54, 1.807) is 7.11 Å². The first kappa shape index (κ1) is 24.6. The molecule has 7 nitrogen and oxygen atoms in total. The second kappa shape index (κ2) is 11.2. The molecule has 1 N–H and O–H groups in total. The average molecular weight is 469 g/mol. The van der Waals surface area contributed by atoms with Gasteiger partial charge in [0.2, 0.25) is 5.91 Å². The number of rotatable bonds is 10. The summed E-state index contributed by atoms with van der Waals surface area (Å²) >= 11 is 1.35. The number of aromatic nitrogens is 3. The summed E-state index contributed by atoms with van der Waals surface area (Å²) in [5.41, 5.74) is 1.80. The summed E-state index contributed by atoms with van der Waals surface area (Å²) in [5, 5.41) is 12.3. The Kier molecular flexibility index (Phi) is 8.38. The van der Waals surface area contributed by atoms with Gasteiger partial charge in [-0.1, -0.05) is 55.9 Å². The van der Waals surface area contributed by atoms with Crippen LogP contribution in [0.3, 0.4) is 0 Å². The number of anilines is 1. The predicted octanol–water partition coefficient (Wildman–Crippen LogP) is 5.86. The molecule has 1 aromatic heterocycles. The van der Waals surface area contributed by atoms with Crippen LogP contribution in [0.4, 0.5) is 5.69 Å². The third kappa shape index (κ3) is 6.07. The van der Waals surface area contributed by atoms with Crippen molar-refractivity contribution in [2.75, 3.05) is 18.2 Å². The van der Waals surface area contributed by atoms with E-state index in [0.29, 0.717) is 22.5 Å². The molecule has 3 rings (SSSR count). The summed E-state index contributed by atoms with van der Waals surface area (Å²) in [6.45, 7) is 10.4. The van der Waals surface area contributed by atoms with Crippen LogP contribution < -0.4 is 14.8 Å². The standard InChI is InChI=1S/C25H32N4O3S/c1-16(2)19-11-7-9-13-21(19)32-18(5)24-27-28-25(29(24)17(3)4)33-15-23(30)26-20-12-8-10-14-22(20)31-6/h7-14,16-18H,15H2,1-6H3,(H,26,30). The largest absolute Gasteiger partial charge is 0.495 e. The van der Waals surface area contributed by atoms with Gasteiger partial charge in [-0.05, 0) is 50.5 Å². The number of carbonyl (C=O) groups is 1. The first-order valence-electron chi connectivity index (χ1n) is 11.1. The van der Waals surface area contributed by atoms with Crippen molar-refractivity contribution in [1.82, 2.24) is 14.8 Å². The molecule has 0 radical (unpaired) electrons. The molecule has 1 amide bonds. The van der Waals surface area contributed by atoms with Crippen LogP contribution in [0.2, 0.25) is 0 Å². The van der Waals surface area contributed by atoms with Crippen molar-refractivity contribution in [2.45, 2.75) is 57.8 Å². The number of benzene rings is 2. The van der Waals surface area contributed by atoms with Crippen LogP contribution in [-0.2, 0) is 4.79 Å². The van der Waals surface area contributed by atoms with Gasteiger partial charge in [-0.2, -0.15) is 0 Å². The molecule has 0 saturated carbocycles. The molecule has 3 aromatic rings. The fourth-order valence-electron chi connectivity index (χ4n) is 3.52. The number of para-hydroxylation sites is 3. The normalized spacial score (nSPS) is 12.1. The quantitative estimate of drug-likeness (QED) is 0.375. The first-order valence-corrected chi connectivity index (χ1v) is 12.1. The number of amides is 1. The molecule has 8 heteroatoms.